The Balaban J connectivity index is 1.90. The van der Waals surface area contributed by atoms with Gasteiger partial charge in [-0.3, -0.25) is 0 Å². The molecule has 0 bridgehead atoms. The average Bonchev–Trinajstić information content (AvgIpc) is 2.32. The predicted octanol–water partition coefficient (Wildman–Crippen LogP) is 2.76. The summed E-state index contributed by atoms with van der Waals surface area (Å²) in [5.74, 6) is -0.251. The SMILES string of the molecule is Fc1ccc(Br)c(NCC2CCOCO2)c1. The van der Waals surface area contributed by atoms with Gasteiger partial charge in [0.15, 0.2) is 0 Å². The molecule has 1 N–H and O–H groups in total. The Bertz CT molecular complexity index is 356. The molecule has 1 fully saturated rings. The molecule has 1 aliphatic rings. The molecule has 1 heterocycles. The maximum atomic E-state index is 13.0. The molecule has 0 saturated carbocycles. The summed E-state index contributed by atoms with van der Waals surface area (Å²) in [5.41, 5.74) is 0.745. The summed E-state index contributed by atoms with van der Waals surface area (Å²) in [4.78, 5) is 0. The minimum Gasteiger partial charge on any atom is -0.381 e. The number of benzene rings is 1. The van der Waals surface area contributed by atoms with Crippen LogP contribution in [0.2, 0.25) is 0 Å². The summed E-state index contributed by atoms with van der Waals surface area (Å²) >= 11 is 3.36. The van der Waals surface area contributed by atoms with Gasteiger partial charge in [-0.05, 0) is 40.5 Å². The van der Waals surface area contributed by atoms with Gasteiger partial charge in [-0.25, -0.2) is 4.39 Å². The molecule has 0 amide bonds. The van der Waals surface area contributed by atoms with E-state index in [9.17, 15) is 4.39 Å². The van der Waals surface area contributed by atoms with Crippen LogP contribution in [0.3, 0.4) is 0 Å². The fourth-order valence-corrected chi connectivity index (χ4v) is 1.91. The van der Waals surface area contributed by atoms with Gasteiger partial charge >= 0.3 is 0 Å². The lowest BCUT2D eigenvalue weighted by atomic mass is 10.2. The van der Waals surface area contributed by atoms with E-state index in [0.29, 0.717) is 13.3 Å². The molecule has 1 aliphatic heterocycles. The number of rotatable bonds is 3. The molecule has 1 aromatic rings. The number of halogens is 2. The minimum atomic E-state index is -0.251. The maximum absolute atomic E-state index is 13.0. The summed E-state index contributed by atoms with van der Waals surface area (Å²) in [7, 11) is 0. The van der Waals surface area contributed by atoms with Crippen LogP contribution in [0.15, 0.2) is 22.7 Å². The first-order valence-corrected chi connectivity index (χ1v) is 5.93. The van der Waals surface area contributed by atoms with Crippen molar-refractivity contribution in [3.05, 3.63) is 28.5 Å². The van der Waals surface area contributed by atoms with Crippen LogP contribution in [-0.2, 0) is 9.47 Å². The molecule has 1 atom stereocenters. The third-order valence-electron chi connectivity index (χ3n) is 2.42. The molecule has 1 unspecified atom stereocenters. The zero-order valence-electron chi connectivity index (χ0n) is 8.71. The number of ether oxygens (including phenoxy) is 2. The highest BCUT2D eigenvalue weighted by Gasteiger charge is 2.14. The van der Waals surface area contributed by atoms with Gasteiger partial charge in [-0.15, -0.1) is 0 Å². The van der Waals surface area contributed by atoms with Crippen molar-refractivity contribution in [1.82, 2.24) is 0 Å². The van der Waals surface area contributed by atoms with Crippen LogP contribution >= 0.6 is 15.9 Å². The maximum Gasteiger partial charge on any atom is 0.147 e. The first-order valence-electron chi connectivity index (χ1n) is 5.14. The van der Waals surface area contributed by atoms with Crippen molar-refractivity contribution in [3.8, 4) is 0 Å². The van der Waals surface area contributed by atoms with E-state index in [0.717, 1.165) is 23.2 Å². The molecule has 3 nitrogen and oxygen atoms in total. The van der Waals surface area contributed by atoms with E-state index < -0.39 is 0 Å². The summed E-state index contributed by atoms with van der Waals surface area (Å²) in [6, 6.07) is 4.56. The molecule has 1 aromatic carbocycles. The Hall–Kier alpha value is -0.650. The van der Waals surface area contributed by atoms with Crippen molar-refractivity contribution in [2.24, 2.45) is 0 Å². The summed E-state index contributed by atoms with van der Waals surface area (Å²) < 4.78 is 24.3. The van der Waals surface area contributed by atoms with Gasteiger partial charge in [-0.1, -0.05) is 0 Å². The largest absolute Gasteiger partial charge is 0.381 e. The van der Waals surface area contributed by atoms with Crippen molar-refractivity contribution in [2.75, 3.05) is 25.3 Å². The van der Waals surface area contributed by atoms with E-state index in [1.54, 1.807) is 6.07 Å². The van der Waals surface area contributed by atoms with Crippen LogP contribution in [0.5, 0.6) is 0 Å². The number of hydrogen-bond acceptors (Lipinski definition) is 3. The lowest BCUT2D eigenvalue weighted by Crippen LogP contribution is -2.30. The highest BCUT2D eigenvalue weighted by molar-refractivity contribution is 9.10. The highest BCUT2D eigenvalue weighted by Crippen LogP contribution is 2.23. The van der Waals surface area contributed by atoms with Crippen molar-refractivity contribution in [3.63, 3.8) is 0 Å². The second kappa shape index (κ2) is 5.61. The smallest absolute Gasteiger partial charge is 0.147 e. The zero-order valence-corrected chi connectivity index (χ0v) is 10.3. The fourth-order valence-electron chi connectivity index (χ4n) is 1.52. The van der Waals surface area contributed by atoms with Gasteiger partial charge < -0.3 is 14.8 Å². The topological polar surface area (TPSA) is 30.5 Å². The van der Waals surface area contributed by atoms with Crippen LogP contribution in [0.1, 0.15) is 6.42 Å². The van der Waals surface area contributed by atoms with Gasteiger partial charge in [-0.2, -0.15) is 0 Å². The van der Waals surface area contributed by atoms with E-state index in [-0.39, 0.29) is 11.9 Å². The second-order valence-electron chi connectivity index (χ2n) is 3.61. The van der Waals surface area contributed by atoms with Crippen molar-refractivity contribution in [1.29, 1.82) is 0 Å². The predicted molar refractivity (Wildman–Crippen MR) is 62.9 cm³/mol. The monoisotopic (exact) mass is 289 g/mol. The Morgan fingerprint density at radius 3 is 3.12 bits per heavy atom. The number of anilines is 1. The molecule has 88 valence electrons. The lowest BCUT2D eigenvalue weighted by molar-refractivity contribution is -0.133. The molecule has 5 heteroatoms. The van der Waals surface area contributed by atoms with Gasteiger partial charge in [0.2, 0.25) is 0 Å². The minimum absolute atomic E-state index is 0.129. The normalized spacial score (nSPS) is 20.8. The number of hydrogen-bond donors (Lipinski definition) is 1. The fraction of sp³-hybridized carbons (Fsp3) is 0.455. The van der Waals surface area contributed by atoms with Gasteiger partial charge in [0.1, 0.15) is 12.6 Å². The molecule has 16 heavy (non-hydrogen) atoms. The van der Waals surface area contributed by atoms with Crippen molar-refractivity contribution >= 4 is 21.6 Å². The van der Waals surface area contributed by atoms with Gasteiger partial charge in [0, 0.05) is 11.0 Å². The van der Waals surface area contributed by atoms with Gasteiger partial charge in [0.25, 0.3) is 0 Å². The summed E-state index contributed by atoms with van der Waals surface area (Å²) in [6.45, 7) is 1.72. The summed E-state index contributed by atoms with van der Waals surface area (Å²) in [5, 5.41) is 3.16. The quantitative estimate of drug-likeness (QED) is 0.928. The highest BCUT2D eigenvalue weighted by atomic mass is 79.9. The molecule has 1 saturated heterocycles. The van der Waals surface area contributed by atoms with E-state index in [2.05, 4.69) is 21.2 Å². The molecular formula is C11H13BrFNO2. The first kappa shape index (κ1) is 11.8. The Kier molecular flexibility index (Phi) is 4.15. The van der Waals surface area contributed by atoms with Crippen LogP contribution in [-0.4, -0.2) is 26.0 Å². The van der Waals surface area contributed by atoms with E-state index in [1.807, 2.05) is 0 Å². The third-order valence-corrected chi connectivity index (χ3v) is 3.11. The third kappa shape index (κ3) is 3.17. The molecular weight excluding hydrogens is 277 g/mol. The standard InChI is InChI=1S/C11H13BrFNO2/c12-10-2-1-8(13)5-11(10)14-6-9-3-4-15-7-16-9/h1-2,5,9,14H,3-4,6-7H2. The molecule has 0 aliphatic carbocycles. The van der Waals surface area contributed by atoms with Crippen molar-refractivity contribution in [2.45, 2.75) is 12.5 Å². The number of nitrogens with one attached hydrogen (secondary N) is 1. The van der Waals surface area contributed by atoms with Crippen LogP contribution < -0.4 is 5.32 Å². The van der Waals surface area contributed by atoms with E-state index in [4.69, 9.17) is 9.47 Å². The van der Waals surface area contributed by atoms with Crippen LogP contribution in [0.25, 0.3) is 0 Å². The second-order valence-corrected chi connectivity index (χ2v) is 4.46. The Morgan fingerprint density at radius 1 is 1.50 bits per heavy atom. The van der Waals surface area contributed by atoms with Crippen LogP contribution in [0.4, 0.5) is 10.1 Å². The van der Waals surface area contributed by atoms with Crippen molar-refractivity contribution < 1.29 is 13.9 Å². The summed E-state index contributed by atoms with van der Waals surface area (Å²) in [6.07, 6.45) is 0.990. The van der Waals surface area contributed by atoms with E-state index in [1.165, 1.54) is 12.1 Å². The molecule has 2 rings (SSSR count). The first-order chi connectivity index (χ1) is 7.75. The van der Waals surface area contributed by atoms with Gasteiger partial charge in [0.05, 0.1) is 18.4 Å². The molecule has 0 aromatic heterocycles. The lowest BCUT2D eigenvalue weighted by Gasteiger charge is -2.23. The zero-order chi connectivity index (χ0) is 11.4. The van der Waals surface area contributed by atoms with E-state index >= 15 is 0 Å². The van der Waals surface area contributed by atoms with Crippen LogP contribution in [0, 0.1) is 5.82 Å². The molecule has 0 radical (unpaired) electrons. The Morgan fingerprint density at radius 2 is 2.38 bits per heavy atom. The Labute approximate surface area is 102 Å². The average molecular weight is 290 g/mol. The molecule has 0 spiro atoms.